The molecular weight excluding hydrogens is 1350 g/mol. The van der Waals surface area contributed by atoms with Crippen LogP contribution in [0.2, 0.25) is 5.02 Å². The molecule has 8 rings (SSSR count). The number of hydrogen-bond donors (Lipinski definition) is 3. The predicted octanol–water partition coefficient (Wildman–Crippen LogP) is 6.96. The number of hydrogen-bond acceptors (Lipinski definition) is 12. The number of fused-ring (bicyclic) bond motifs is 1. The number of halogens is 4. The summed E-state index contributed by atoms with van der Waals surface area (Å²) in [5.41, 5.74) is -2.33. The molecule has 103 heavy (non-hydrogen) atoms. The molecule has 0 bridgehead atoms. The molecule has 12 amide bonds. The van der Waals surface area contributed by atoms with E-state index in [0.29, 0.717) is 76.4 Å². The van der Waals surface area contributed by atoms with Gasteiger partial charge in [-0.1, -0.05) is 115 Å². The summed E-state index contributed by atoms with van der Waals surface area (Å²) in [7, 11) is 10.2. The van der Waals surface area contributed by atoms with E-state index in [1.807, 2.05) is 13.8 Å². The first-order valence-electron chi connectivity index (χ1n) is 38.0. The van der Waals surface area contributed by atoms with E-state index < -0.39 is 167 Å². The van der Waals surface area contributed by atoms with Gasteiger partial charge in [-0.05, 0) is 138 Å². The Morgan fingerprint density at radius 3 is 1.75 bits per heavy atom. The summed E-state index contributed by atoms with van der Waals surface area (Å²) >= 11 is 6.17. The second kappa shape index (κ2) is 36.8. The van der Waals surface area contributed by atoms with E-state index in [1.54, 1.807) is 4.90 Å². The van der Waals surface area contributed by atoms with Crippen LogP contribution in [0.1, 0.15) is 205 Å². The van der Waals surface area contributed by atoms with Crippen LogP contribution in [0.15, 0.2) is 18.2 Å². The van der Waals surface area contributed by atoms with Gasteiger partial charge in [0, 0.05) is 69.0 Å². The number of piperidine rings is 1. The molecule has 4 aliphatic carbocycles. The fourth-order valence-corrected chi connectivity index (χ4v) is 17.3. The molecular formula is C75H114ClF3N12O12. The van der Waals surface area contributed by atoms with Crippen LogP contribution < -0.4 is 16.0 Å². The zero-order chi connectivity index (χ0) is 75.2. The molecule has 1 unspecified atom stereocenters. The highest BCUT2D eigenvalue weighted by Gasteiger charge is 2.52. The monoisotopic (exact) mass is 1470 g/mol. The summed E-state index contributed by atoms with van der Waals surface area (Å²) in [5, 5.41) is 8.34. The fraction of sp³-hybridized carbons (Fsp3) is 0.760. The van der Waals surface area contributed by atoms with Crippen molar-refractivity contribution in [3.8, 4) is 0 Å². The Bertz CT molecular complexity index is 3200. The average Bonchev–Trinajstić information content (AvgIpc) is 1.75. The molecule has 0 radical (unpaired) electrons. The lowest BCUT2D eigenvalue weighted by Gasteiger charge is -2.43. The van der Waals surface area contributed by atoms with Gasteiger partial charge in [0.1, 0.15) is 47.8 Å². The molecule has 1 aromatic rings. The number of benzene rings is 1. The molecule has 24 nitrogen and oxygen atoms in total. The van der Waals surface area contributed by atoms with Crippen LogP contribution in [0.25, 0.3) is 0 Å². The SMILES string of the molecule is CC(C)C[C@H]1C(=O)N[C@@H](C2CCCCC2)C(=O)N(C)CC(=O)N(C)CC(=O)N(C)[C@@H](CC2CCCCC2)C(=O)N(C)CC(=O)N[C@@H](CCc2ccc(C(F)(F)F)c(Cl)c2)C(=O)N2CCCC2C(=O)NC2(CCCC2)C(=O)N(C)[C@@H](C2CCCCC2)C(=O)N(C)[C@H](C(=O)N2CCCCC2)CC(=O)N1C. The van der Waals surface area contributed by atoms with Crippen LogP contribution in [0.3, 0.4) is 0 Å². The van der Waals surface area contributed by atoms with Crippen LogP contribution in [-0.4, -0.2) is 251 Å². The molecule has 3 aliphatic heterocycles. The predicted molar refractivity (Wildman–Crippen MR) is 381 cm³/mol. The molecule has 7 fully saturated rings. The van der Waals surface area contributed by atoms with Crippen molar-refractivity contribution < 1.29 is 70.7 Å². The van der Waals surface area contributed by atoms with E-state index >= 15 is 33.6 Å². The highest BCUT2D eigenvalue weighted by molar-refractivity contribution is 6.31. The van der Waals surface area contributed by atoms with E-state index in [-0.39, 0.29) is 69.2 Å². The Kier molecular flexibility index (Phi) is 29.1. The first-order chi connectivity index (χ1) is 48.8. The highest BCUT2D eigenvalue weighted by Crippen LogP contribution is 2.39. The van der Waals surface area contributed by atoms with E-state index in [0.717, 1.165) is 99.0 Å². The summed E-state index contributed by atoms with van der Waals surface area (Å²) in [4.78, 5) is 192. The van der Waals surface area contributed by atoms with Gasteiger partial charge in [0.25, 0.3) is 0 Å². The number of carbonyl (C=O) groups is 12. The molecule has 1 aromatic carbocycles. The maximum Gasteiger partial charge on any atom is 0.417 e. The van der Waals surface area contributed by atoms with E-state index in [9.17, 15) is 37.1 Å². The number of alkyl halides is 3. The molecule has 574 valence electrons. The first kappa shape index (κ1) is 81.6. The van der Waals surface area contributed by atoms with Gasteiger partial charge in [-0.2, -0.15) is 13.2 Å². The van der Waals surface area contributed by atoms with Gasteiger partial charge in [0.15, 0.2) is 0 Å². The molecule has 3 heterocycles. The Balaban J connectivity index is 1.18. The highest BCUT2D eigenvalue weighted by atomic mass is 35.5. The summed E-state index contributed by atoms with van der Waals surface area (Å²) in [6.45, 7) is 2.96. The van der Waals surface area contributed by atoms with Crippen molar-refractivity contribution in [2.24, 2.45) is 23.7 Å². The number of carbonyl (C=O) groups excluding carboxylic acids is 12. The lowest BCUT2D eigenvalue weighted by atomic mass is 9.81. The second-order valence-electron chi connectivity index (χ2n) is 31.2. The number of nitrogens with zero attached hydrogens (tertiary/aromatic N) is 9. The molecule has 7 atom stereocenters. The van der Waals surface area contributed by atoms with Gasteiger partial charge in [-0.25, -0.2) is 0 Å². The Hall–Kier alpha value is -7.06. The van der Waals surface area contributed by atoms with Crippen LogP contribution >= 0.6 is 11.6 Å². The molecule has 7 aliphatic rings. The molecule has 28 heteroatoms. The number of likely N-dealkylation sites (tertiary alicyclic amines) is 1. The fourth-order valence-electron chi connectivity index (χ4n) is 17.0. The number of amides is 12. The smallest absolute Gasteiger partial charge is 0.343 e. The number of likely N-dealkylation sites (N-methyl/N-ethyl adjacent to an activating group) is 7. The van der Waals surface area contributed by atoms with Crippen LogP contribution in [0, 0.1) is 23.7 Å². The van der Waals surface area contributed by atoms with E-state index in [2.05, 4.69) is 16.0 Å². The van der Waals surface area contributed by atoms with Crippen molar-refractivity contribution >= 4 is 82.5 Å². The summed E-state index contributed by atoms with van der Waals surface area (Å²) in [6.07, 6.45) is 10.5. The van der Waals surface area contributed by atoms with Gasteiger partial charge in [0.05, 0.1) is 36.6 Å². The quantitative estimate of drug-likeness (QED) is 0.215. The normalized spacial score (nSPS) is 27.3. The summed E-state index contributed by atoms with van der Waals surface area (Å²) in [6, 6.07) is -5.39. The Morgan fingerprint density at radius 1 is 0.573 bits per heavy atom. The van der Waals surface area contributed by atoms with Crippen molar-refractivity contribution in [2.45, 2.75) is 254 Å². The van der Waals surface area contributed by atoms with Gasteiger partial charge in [-0.15, -0.1) is 0 Å². The lowest BCUT2D eigenvalue weighted by molar-refractivity contribution is -0.157. The molecule has 1 spiro atoms. The second-order valence-corrected chi connectivity index (χ2v) is 31.6. The third-order valence-electron chi connectivity index (χ3n) is 23.3. The first-order valence-corrected chi connectivity index (χ1v) is 38.4. The van der Waals surface area contributed by atoms with E-state index in [1.165, 1.54) is 84.8 Å². The number of nitrogens with one attached hydrogen (secondary N) is 3. The minimum Gasteiger partial charge on any atom is -0.343 e. The topological polar surface area (TPSA) is 270 Å². The van der Waals surface area contributed by atoms with Crippen molar-refractivity contribution in [1.29, 1.82) is 0 Å². The molecule has 3 N–H and O–H groups in total. The zero-order valence-corrected chi connectivity index (χ0v) is 63.0. The maximum absolute atomic E-state index is 15.9. The van der Waals surface area contributed by atoms with Crippen LogP contribution in [0.5, 0.6) is 0 Å². The van der Waals surface area contributed by atoms with Gasteiger partial charge in [-0.3, -0.25) is 57.5 Å². The standard InChI is InChI=1S/C75H114ClF3N12O12/c1-48(2)41-57-66(96)81-64(51-27-16-11-17-28-51)71(101)85(5)46-62(94)83(3)47-63(95)87(7)58(43-49-25-14-10-15-26-49)69(99)84(4)45-60(92)80-55(35-33-50-32-34-53(54(76)42-50)75(77,78)79)68(98)91-40-24-31-56(91)67(97)82-74(36-20-21-37-74)73(103)89(9)65(52-29-18-12-19-30-52)72(102)88(8)59(44-61(93)86(57)6)70(100)90-38-22-13-23-39-90/h32,34,42,48-49,51-52,55-59,64-65H,10-31,33,35-41,43-47H2,1-9H3,(H,80,92)(H,81,96)(H,82,97)/t55-,56?,57-,58-,59-,64-,65-/m0/s1. The third kappa shape index (κ3) is 20.7. The minimum atomic E-state index is -4.76. The largest absolute Gasteiger partial charge is 0.417 e. The summed E-state index contributed by atoms with van der Waals surface area (Å²) in [5.74, 6) is -8.31. The molecule has 3 saturated heterocycles. The molecule has 4 saturated carbocycles. The van der Waals surface area contributed by atoms with E-state index in [4.69, 9.17) is 11.6 Å². The van der Waals surface area contributed by atoms with Gasteiger partial charge in [0.2, 0.25) is 70.9 Å². The minimum absolute atomic E-state index is 0.0232. The average molecular weight is 1470 g/mol. The van der Waals surface area contributed by atoms with Gasteiger partial charge >= 0.3 is 6.18 Å². The molecule has 0 aromatic heterocycles. The third-order valence-corrected chi connectivity index (χ3v) is 23.6. The zero-order valence-electron chi connectivity index (χ0n) is 62.3. The number of rotatable bonds is 10. The number of aryl methyl sites for hydroxylation is 1. The van der Waals surface area contributed by atoms with Crippen LogP contribution in [0.4, 0.5) is 13.2 Å². The van der Waals surface area contributed by atoms with Crippen molar-refractivity contribution in [1.82, 2.24) is 60.0 Å². The Morgan fingerprint density at radius 2 is 1.15 bits per heavy atom. The lowest BCUT2D eigenvalue weighted by Crippen LogP contribution is -2.65. The van der Waals surface area contributed by atoms with Crippen molar-refractivity contribution in [3.05, 3.63) is 34.3 Å². The maximum atomic E-state index is 15.9. The van der Waals surface area contributed by atoms with Crippen molar-refractivity contribution in [3.63, 3.8) is 0 Å². The van der Waals surface area contributed by atoms with Crippen LogP contribution in [-0.2, 0) is 70.1 Å². The van der Waals surface area contributed by atoms with Crippen molar-refractivity contribution in [2.75, 3.05) is 88.6 Å². The Labute approximate surface area is 611 Å². The summed E-state index contributed by atoms with van der Waals surface area (Å²) < 4.78 is 41.7. The van der Waals surface area contributed by atoms with Gasteiger partial charge < -0.3 is 60.0 Å².